The first-order valence-electron chi connectivity index (χ1n) is 6.56. The van der Waals surface area contributed by atoms with Crippen LogP contribution in [0.3, 0.4) is 0 Å². The number of ether oxygens (including phenoxy) is 1. The second kappa shape index (κ2) is 5.74. The van der Waals surface area contributed by atoms with Gasteiger partial charge in [-0.25, -0.2) is 4.79 Å². The predicted molar refractivity (Wildman–Crippen MR) is 66.6 cm³/mol. The number of carbonyl (C=O) groups excluding carboxylic acids is 2. The van der Waals surface area contributed by atoms with Crippen LogP contribution >= 0.6 is 0 Å². The van der Waals surface area contributed by atoms with E-state index in [1.807, 2.05) is 0 Å². The third kappa shape index (κ3) is 2.70. The number of rotatable bonds is 2. The van der Waals surface area contributed by atoms with Gasteiger partial charge in [0.15, 0.2) is 5.57 Å². The van der Waals surface area contributed by atoms with Gasteiger partial charge < -0.3 is 15.4 Å². The predicted octanol–water partition coefficient (Wildman–Crippen LogP) is 0.358. The summed E-state index contributed by atoms with van der Waals surface area (Å²) in [5, 5.41) is 15.0. The lowest BCUT2D eigenvalue weighted by Gasteiger charge is -2.38. The van der Waals surface area contributed by atoms with E-state index >= 15 is 0 Å². The molecule has 1 aliphatic carbocycles. The van der Waals surface area contributed by atoms with Gasteiger partial charge in [-0.1, -0.05) is 12.8 Å². The molecule has 0 unspecified atom stereocenters. The van der Waals surface area contributed by atoms with Crippen molar-refractivity contribution < 1.29 is 14.3 Å². The molecule has 19 heavy (non-hydrogen) atoms. The first-order chi connectivity index (χ1) is 9.17. The number of amides is 1. The molecule has 1 saturated heterocycles. The van der Waals surface area contributed by atoms with E-state index in [0.717, 1.165) is 25.7 Å². The molecule has 0 spiro atoms. The number of nitriles is 1. The smallest absolute Gasteiger partial charge is 0.351 e. The minimum Gasteiger partial charge on any atom is -0.462 e. The highest BCUT2D eigenvalue weighted by atomic mass is 16.5. The van der Waals surface area contributed by atoms with Gasteiger partial charge in [0, 0.05) is 12.1 Å². The summed E-state index contributed by atoms with van der Waals surface area (Å²) in [5.41, 5.74) is -0.201. The zero-order chi connectivity index (χ0) is 13.8. The van der Waals surface area contributed by atoms with Crippen LogP contribution in [0.1, 0.15) is 32.6 Å². The van der Waals surface area contributed by atoms with Crippen molar-refractivity contribution in [1.29, 1.82) is 5.26 Å². The van der Waals surface area contributed by atoms with E-state index < -0.39 is 11.9 Å². The topological polar surface area (TPSA) is 91.2 Å². The Morgan fingerprint density at radius 2 is 2.00 bits per heavy atom. The minimum absolute atomic E-state index is 0.0455. The number of esters is 1. The summed E-state index contributed by atoms with van der Waals surface area (Å²) < 4.78 is 4.79. The maximum Gasteiger partial charge on any atom is 0.351 e. The molecule has 1 saturated carbocycles. The minimum atomic E-state index is -0.753. The summed E-state index contributed by atoms with van der Waals surface area (Å²) in [6.45, 7) is 1.83. The molecule has 2 N–H and O–H groups in total. The highest BCUT2D eigenvalue weighted by Crippen LogP contribution is 2.23. The molecule has 0 aromatic rings. The van der Waals surface area contributed by atoms with Gasteiger partial charge in [0.2, 0.25) is 0 Å². The van der Waals surface area contributed by atoms with Crippen LogP contribution in [0.2, 0.25) is 0 Å². The normalized spacial score (nSPS) is 28.3. The molecule has 2 aliphatic rings. The van der Waals surface area contributed by atoms with Crippen LogP contribution in [-0.4, -0.2) is 30.6 Å². The van der Waals surface area contributed by atoms with Crippen molar-refractivity contribution in [2.75, 3.05) is 6.61 Å². The largest absolute Gasteiger partial charge is 0.462 e. The van der Waals surface area contributed by atoms with Gasteiger partial charge in [0.05, 0.1) is 6.61 Å². The van der Waals surface area contributed by atoms with Crippen LogP contribution in [0.15, 0.2) is 11.3 Å². The number of hydrogen-bond acceptors (Lipinski definition) is 5. The fourth-order valence-electron chi connectivity index (χ4n) is 2.56. The van der Waals surface area contributed by atoms with Crippen LogP contribution in [0.4, 0.5) is 0 Å². The zero-order valence-electron chi connectivity index (χ0n) is 10.9. The van der Waals surface area contributed by atoms with Gasteiger partial charge in [-0.15, -0.1) is 0 Å². The van der Waals surface area contributed by atoms with Gasteiger partial charge >= 0.3 is 5.97 Å². The Morgan fingerprint density at radius 3 is 2.58 bits per heavy atom. The summed E-state index contributed by atoms with van der Waals surface area (Å²) in [6, 6.07) is 1.95. The Hall–Kier alpha value is -2.03. The van der Waals surface area contributed by atoms with Crippen LogP contribution < -0.4 is 10.6 Å². The Kier molecular flexibility index (Phi) is 4.05. The number of hydrogen-bond donors (Lipinski definition) is 2. The van der Waals surface area contributed by atoms with Crippen LogP contribution in [0.25, 0.3) is 0 Å². The molecule has 2 fully saturated rings. The maximum absolute atomic E-state index is 12.0. The molecule has 1 aliphatic heterocycles. The number of piperazine rings is 1. The highest BCUT2D eigenvalue weighted by Gasteiger charge is 2.36. The van der Waals surface area contributed by atoms with Gasteiger partial charge in [-0.3, -0.25) is 4.79 Å². The second-order valence-corrected chi connectivity index (χ2v) is 4.70. The molecule has 0 aromatic heterocycles. The lowest BCUT2D eigenvalue weighted by Crippen LogP contribution is -2.59. The Labute approximate surface area is 111 Å². The average molecular weight is 263 g/mol. The van der Waals surface area contributed by atoms with E-state index in [-0.39, 0.29) is 30.0 Å². The molecule has 102 valence electrons. The molecule has 0 radical (unpaired) electrons. The molecule has 0 bridgehead atoms. The second-order valence-electron chi connectivity index (χ2n) is 4.70. The molecular weight excluding hydrogens is 246 g/mol. The van der Waals surface area contributed by atoms with Gasteiger partial charge in [-0.2, -0.15) is 5.26 Å². The molecule has 0 aromatic carbocycles. The highest BCUT2D eigenvalue weighted by molar-refractivity contribution is 6.05. The third-order valence-electron chi connectivity index (χ3n) is 3.48. The summed E-state index contributed by atoms with van der Waals surface area (Å²) in [6.07, 6.45) is 4.03. The third-order valence-corrected chi connectivity index (χ3v) is 3.48. The van der Waals surface area contributed by atoms with Gasteiger partial charge in [0.25, 0.3) is 5.91 Å². The summed E-state index contributed by atoms with van der Waals surface area (Å²) in [7, 11) is 0. The lowest BCUT2D eigenvalue weighted by atomic mass is 9.88. The lowest BCUT2D eigenvalue weighted by molar-refractivity contribution is -0.138. The van der Waals surface area contributed by atoms with E-state index in [1.165, 1.54) is 0 Å². The van der Waals surface area contributed by atoms with Gasteiger partial charge in [-0.05, 0) is 19.8 Å². The number of carbonyl (C=O) groups is 2. The number of nitrogens with one attached hydrogen (secondary N) is 2. The van der Waals surface area contributed by atoms with Crippen molar-refractivity contribution in [2.24, 2.45) is 0 Å². The van der Waals surface area contributed by atoms with E-state index in [4.69, 9.17) is 10.00 Å². The number of nitrogens with zero attached hydrogens (tertiary/aromatic N) is 1. The summed E-state index contributed by atoms with van der Waals surface area (Å²) >= 11 is 0. The number of fused-ring (bicyclic) bond motifs is 1. The van der Waals surface area contributed by atoms with Crippen LogP contribution in [0, 0.1) is 11.3 Å². The Bertz CT molecular complexity index is 464. The van der Waals surface area contributed by atoms with Crippen molar-refractivity contribution >= 4 is 11.9 Å². The first-order valence-corrected chi connectivity index (χ1v) is 6.56. The standard InChI is InChI=1S/C13H17N3O3/c1-2-19-13(18)8(7-14)11-12(17)16-10-6-4-3-5-9(10)15-11/h9-10,15H,2-6H2,1H3,(H,16,17)/b11-8-/t9-,10-/m0/s1. The monoisotopic (exact) mass is 263 g/mol. The molecule has 1 amide bonds. The molecule has 6 heteroatoms. The Balaban J connectivity index is 2.24. The Morgan fingerprint density at radius 1 is 1.37 bits per heavy atom. The van der Waals surface area contributed by atoms with E-state index in [1.54, 1.807) is 13.0 Å². The fourth-order valence-corrected chi connectivity index (χ4v) is 2.56. The van der Waals surface area contributed by atoms with Crippen molar-refractivity contribution in [1.82, 2.24) is 10.6 Å². The van der Waals surface area contributed by atoms with Crippen molar-refractivity contribution in [3.8, 4) is 6.07 Å². The fraction of sp³-hybridized carbons (Fsp3) is 0.615. The zero-order valence-corrected chi connectivity index (χ0v) is 10.9. The summed E-state index contributed by atoms with van der Waals surface area (Å²) in [4.78, 5) is 23.6. The van der Waals surface area contributed by atoms with Crippen molar-refractivity contribution in [3.63, 3.8) is 0 Å². The quantitative estimate of drug-likeness (QED) is 0.426. The van der Waals surface area contributed by atoms with E-state index in [9.17, 15) is 9.59 Å². The first kappa shape index (κ1) is 13.4. The molecule has 2 rings (SSSR count). The SMILES string of the molecule is CCOC(=O)/C(C#N)=C1\N[C@H]2CCCC[C@@H]2NC1=O. The van der Waals surface area contributed by atoms with E-state index in [2.05, 4.69) is 10.6 Å². The molecular formula is C13H17N3O3. The van der Waals surface area contributed by atoms with Crippen molar-refractivity contribution in [3.05, 3.63) is 11.3 Å². The molecule has 2 atom stereocenters. The molecule has 6 nitrogen and oxygen atoms in total. The van der Waals surface area contributed by atoms with Crippen LogP contribution in [0.5, 0.6) is 0 Å². The van der Waals surface area contributed by atoms with E-state index in [0.29, 0.717) is 0 Å². The van der Waals surface area contributed by atoms with Gasteiger partial charge in [0.1, 0.15) is 11.8 Å². The summed E-state index contributed by atoms with van der Waals surface area (Å²) in [5.74, 6) is -1.15. The maximum atomic E-state index is 12.0. The van der Waals surface area contributed by atoms with Crippen molar-refractivity contribution in [2.45, 2.75) is 44.7 Å². The average Bonchev–Trinajstić information content (AvgIpc) is 2.40. The van der Waals surface area contributed by atoms with Crippen LogP contribution in [-0.2, 0) is 14.3 Å². The molecule has 1 heterocycles.